The standard InChI is InChI=1S/C28H23Si.3ClH.Ti/c1-22-21-23-13-11-12-20-27(23)28(22)29(24-14-5-2-6-15-24,25-16-7-3-8-17-25)26-18-9-4-10-19-26;;;;/h2-21H,1H3;3*1H;/q-1;;;;+4/p-3. The predicted octanol–water partition coefficient (Wildman–Crippen LogP) is 6.31. The van der Waals surface area contributed by atoms with Gasteiger partial charge in [-0.1, -0.05) is 120 Å². The second-order valence-corrected chi connectivity index (χ2v) is 19.3. The van der Waals surface area contributed by atoms with E-state index in [-0.39, 0.29) is 0 Å². The number of hydrogen-bond acceptors (Lipinski definition) is 0. The molecule has 0 aromatic heterocycles. The first-order chi connectivity index (χ1) is 16.0. The van der Waals surface area contributed by atoms with E-state index in [1.807, 2.05) is 0 Å². The van der Waals surface area contributed by atoms with Crippen molar-refractivity contribution in [3.05, 3.63) is 127 Å². The van der Waals surface area contributed by atoms with Gasteiger partial charge in [0.2, 0.25) is 0 Å². The van der Waals surface area contributed by atoms with Crippen LogP contribution in [-0.4, -0.2) is 8.07 Å². The van der Waals surface area contributed by atoms with Crippen LogP contribution in [0.2, 0.25) is 0 Å². The van der Waals surface area contributed by atoms with Crippen molar-refractivity contribution < 1.29 is 14.7 Å². The molecule has 0 heterocycles. The van der Waals surface area contributed by atoms with E-state index in [1.165, 1.54) is 37.1 Å². The molecule has 0 bridgehead atoms. The van der Waals surface area contributed by atoms with Crippen LogP contribution in [-0.2, 0) is 14.7 Å². The first-order valence-electron chi connectivity index (χ1n) is 10.7. The summed E-state index contributed by atoms with van der Waals surface area (Å²) >= 11 is -1.92. The molecule has 33 heavy (non-hydrogen) atoms. The van der Waals surface area contributed by atoms with E-state index in [2.05, 4.69) is 128 Å². The van der Waals surface area contributed by atoms with Gasteiger partial charge in [-0.2, -0.15) is 6.07 Å². The topological polar surface area (TPSA) is 0 Å². The number of halogens is 3. The molecule has 5 heteroatoms. The van der Waals surface area contributed by atoms with Gasteiger partial charge in [-0.25, -0.2) is 0 Å². The number of benzene rings is 4. The summed E-state index contributed by atoms with van der Waals surface area (Å²) in [6, 6.07) is 44.6. The zero-order valence-electron chi connectivity index (χ0n) is 18.2. The summed E-state index contributed by atoms with van der Waals surface area (Å²) in [4.78, 5) is 0. The van der Waals surface area contributed by atoms with Crippen LogP contribution < -0.4 is 20.7 Å². The van der Waals surface area contributed by atoms with Crippen molar-refractivity contribution in [2.45, 2.75) is 6.92 Å². The monoisotopic (exact) mass is 540 g/mol. The van der Waals surface area contributed by atoms with E-state index in [9.17, 15) is 0 Å². The van der Waals surface area contributed by atoms with Gasteiger partial charge in [0.1, 0.15) is 8.07 Å². The average Bonchev–Trinajstić information content (AvgIpc) is 3.18. The van der Waals surface area contributed by atoms with Crippen molar-refractivity contribution >= 4 is 67.5 Å². The number of rotatable bonds is 4. The third-order valence-electron chi connectivity index (χ3n) is 5.99. The molecule has 0 unspecified atom stereocenters. The van der Waals surface area contributed by atoms with Gasteiger partial charge in [-0.05, 0) is 0 Å². The van der Waals surface area contributed by atoms with Crippen LogP contribution in [0.3, 0.4) is 0 Å². The summed E-state index contributed by atoms with van der Waals surface area (Å²) in [5.74, 6) is 0. The summed E-state index contributed by atoms with van der Waals surface area (Å²) in [6.45, 7) is 2.28. The molecule has 0 spiro atoms. The van der Waals surface area contributed by atoms with Crippen molar-refractivity contribution in [2.75, 3.05) is 0 Å². The third kappa shape index (κ3) is 5.05. The number of aryl methyl sites for hydroxylation is 1. The molecule has 5 aromatic rings. The van der Waals surface area contributed by atoms with E-state index in [1.54, 1.807) is 0 Å². The van der Waals surface area contributed by atoms with E-state index < -0.39 is 22.8 Å². The fourth-order valence-electron chi connectivity index (χ4n) is 4.86. The maximum absolute atomic E-state index is 4.97. The number of fused-ring (bicyclic) bond motifs is 1. The molecule has 0 nitrogen and oxygen atoms in total. The Kier molecular flexibility index (Phi) is 8.25. The Bertz CT molecular complexity index is 1200. The quantitative estimate of drug-likeness (QED) is 0.142. The third-order valence-corrected chi connectivity index (χ3v) is 11.0. The average molecular weight is 542 g/mol. The van der Waals surface area contributed by atoms with Gasteiger partial charge in [0.05, 0.1) is 0 Å². The minimum absolute atomic E-state index is 1.33. The summed E-state index contributed by atoms with van der Waals surface area (Å²) in [6.07, 6.45) is 0. The Morgan fingerprint density at radius 1 is 0.576 bits per heavy atom. The van der Waals surface area contributed by atoms with Crippen molar-refractivity contribution in [3.8, 4) is 0 Å². The Morgan fingerprint density at radius 3 is 1.36 bits per heavy atom. The SMILES string of the molecule is Cc1cc2ccccc2[c-]1[Si](c1ccccc1)(c1ccccc1)c1ccccc1.[Cl][Ti+]([Cl])[Cl]. The summed E-state index contributed by atoms with van der Waals surface area (Å²) in [5.41, 5.74) is 1.38. The van der Waals surface area contributed by atoms with Crippen molar-refractivity contribution in [2.24, 2.45) is 0 Å². The van der Waals surface area contributed by atoms with Crippen LogP contribution >= 0.6 is 27.9 Å². The van der Waals surface area contributed by atoms with Gasteiger partial charge in [-0.15, -0.1) is 39.7 Å². The molecule has 164 valence electrons. The second-order valence-electron chi connectivity index (χ2n) is 7.85. The van der Waals surface area contributed by atoms with Gasteiger partial charge in [-0.3, -0.25) is 0 Å². The fraction of sp³-hybridized carbons (Fsp3) is 0.0357. The molecule has 0 radical (unpaired) electrons. The molecule has 0 amide bonds. The molecule has 0 aliphatic carbocycles. The molecule has 0 N–H and O–H groups in total. The normalized spacial score (nSPS) is 11.0. The molecular weight excluding hydrogens is 519 g/mol. The Labute approximate surface area is 214 Å². The minimum atomic E-state index is -2.46. The first-order valence-corrected chi connectivity index (χ1v) is 19.1. The predicted molar refractivity (Wildman–Crippen MR) is 145 cm³/mol. The van der Waals surface area contributed by atoms with Gasteiger partial charge in [0.25, 0.3) is 0 Å². The van der Waals surface area contributed by atoms with Crippen LogP contribution in [0.5, 0.6) is 0 Å². The molecular formula is C28H23Cl3SiTi. The summed E-state index contributed by atoms with van der Waals surface area (Å²) in [5, 5.41) is 8.51. The van der Waals surface area contributed by atoms with Crippen molar-refractivity contribution in [1.29, 1.82) is 0 Å². The molecule has 0 aliphatic rings. The Balaban J connectivity index is 0.000000601. The molecule has 5 rings (SSSR count). The Morgan fingerprint density at radius 2 is 0.939 bits per heavy atom. The zero-order valence-corrected chi connectivity index (χ0v) is 23.0. The van der Waals surface area contributed by atoms with Crippen LogP contribution in [0.1, 0.15) is 5.56 Å². The van der Waals surface area contributed by atoms with Crippen LogP contribution in [0.15, 0.2) is 121 Å². The molecule has 0 saturated carbocycles. The van der Waals surface area contributed by atoms with E-state index >= 15 is 0 Å². The molecule has 5 aromatic carbocycles. The zero-order chi connectivity index (χ0) is 23.3. The Hall–Kier alpha value is -1.71. The molecule has 0 saturated heterocycles. The number of hydrogen-bond donors (Lipinski definition) is 0. The summed E-state index contributed by atoms with van der Waals surface area (Å²) < 4.78 is 0. The van der Waals surface area contributed by atoms with Crippen LogP contribution in [0.25, 0.3) is 10.8 Å². The van der Waals surface area contributed by atoms with Gasteiger partial charge < -0.3 is 0 Å². The second kappa shape index (κ2) is 11.1. The van der Waals surface area contributed by atoms with Crippen LogP contribution in [0, 0.1) is 6.92 Å². The van der Waals surface area contributed by atoms with Gasteiger partial charge in [0.15, 0.2) is 0 Å². The van der Waals surface area contributed by atoms with Crippen molar-refractivity contribution in [3.63, 3.8) is 0 Å². The van der Waals surface area contributed by atoms with E-state index in [0.717, 1.165) is 0 Å². The molecule has 0 aliphatic heterocycles. The van der Waals surface area contributed by atoms with Crippen molar-refractivity contribution in [1.82, 2.24) is 0 Å². The van der Waals surface area contributed by atoms with E-state index in [0.29, 0.717) is 0 Å². The molecule has 0 atom stereocenters. The first kappa shape index (κ1) is 24.4. The van der Waals surface area contributed by atoms with Crippen LogP contribution in [0.4, 0.5) is 0 Å². The van der Waals surface area contributed by atoms with Gasteiger partial charge >= 0.3 is 42.6 Å². The molecule has 0 fully saturated rings. The summed E-state index contributed by atoms with van der Waals surface area (Å²) in [7, 11) is 12.5. The van der Waals surface area contributed by atoms with E-state index in [4.69, 9.17) is 27.9 Å². The fourth-order valence-corrected chi connectivity index (χ4v) is 10.1. The maximum atomic E-state index is 4.97. The van der Waals surface area contributed by atoms with Gasteiger partial charge in [0, 0.05) is 0 Å².